The summed E-state index contributed by atoms with van der Waals surface area (Å²) in [6, 6.07) is 4.59. The van der Waals surface area contributed by atoms with Crippen LogP contribution in [0.4, 0.5) is 4.79 Å². The van der Waals surface area contributed by atoms with Crippen molar-refractivity contribution in [1.82, 2.24) is 4.90 Å². The molecule has 1 aliphatic heterocycles. The molecule has 7 nitrogen and oxygen atoms in total. The van der Waals surface area contributed by atoms with E-state index in [1.54, 1.807) is 26.8 Å². The molecule has 2 unspecified atom stereocenters. The van der Waals surface area contributed by atoms with Crippen molar-refractivity contribution >= 4 is 12.1 Å². The fourth-order valence-corrected chi connectivity index (χ4v) is 2.80. The largest absolute Gasteiger partial charge is 0.490 e. The zero-order valence-electron chi connectivity index (χ0n) is 15.9. The highest BCUT2D eigenvalue weighted by atomic mass is 16.6. The summed E-state index contributed by atoms with van der Waals surface area (Å²) in [6.07, 6.45) is -0.913. The molecule has 0 saturated carbocycles. The Morgan fingerprint density at radius 3 is 2.54 bits per heavy atom. The van der Waals surface area contributed by atoms with E-state index in [1.165, 1.54) is 4.90 Å². The molecule has 144 valence electrons. The monoisotopic (exact) mass is 365 g/mol. The lowest BCUT2D eigenvalue weighted by Crippen LogP contribution is -2.43. The smallest absolute Gasteiger partial charge is 0.411 e. The molecule has 1 aromatic carbocycles. The minimum absolute atomic E-state index is 0.144. The van der Waals surface area contributed by atoms with Crippen molar-refractivity contribution < 1.29 is 28.9 Å². The molecule has 1 aliphatic rings. The molecule has 0 radical (unpaired) electrons. The summed E-state index contributed by atoms with van der Waals surface area (Å²) in [6.45, 7) is 9.69. The Bertz CT molecular complexity index is 666. The first-order valence-corrected chi connectivity index (χ1v) is 8.73. The van der Waals surface area contributed by atoms with Gasteiger partial charge in [-0.05, 0) is 52.3 Å². The molecule has 26 heavy (non-hydrogen) atoms. The number of rotatable bonds is 5. The van der Waals surface area contributed by atoms with E-state index in [1.807, 2.05) is 26.0 Å². The van der Waals surface area contributed by atoms with Crippen LogP contribution in [0.1, 0.15) is 39.7 Å². The van der Waals surface area contributed by atoms with Crippen LogP contribution in [0.3, 0.4) is 0 Å². The van der Waals surface area contributed by atoms with Gasteiger partial charge in [-0.25, -0.2) is 9.59 Å². The molecule has 0 aromatic heterocycles. The molecule has 1 amide bonds. The van der Waals surface area contributed by atoms with Gasteiger partial charge in [0.05, 0.1) is 13.2 Å². The number of likely N-dealkylation sites (tertiary alicyclic amines) is 1. The number of aryl methyl sites for hydroxylation is 1. The number of benzene rings is 1. The topological polar surface area (TPSA) is 85.3 Å². The zero-order chi connectivity index (χ0) is 19.5. The van der Waals surface area contributed by atoms with E-state index in [0.717, 1.165) is 5.56 Å². The number of carboxylic acid groups (broad SMARTS) is 1. The van der Waals surface area contributed by atoms with Crippen LogP contribution in [0, 0.1) is 6.92 Å². The van der Waals surface area contributed by atoms with Gasteiger partial charge in [0.25, 0.3) is 0 Å². The average molecular weight is 365 g/mol. The number of amides is 1. The van der Waals surface area contributed by atoms with Gasteiger partial charge < -0.3 is 19.3 Å². The van der Waals surface area contributed by atoms with Gasteiger partial charge in [-0.1, -0.05) is 6.07 Å². The van der Waals surface area contributed by atoms with Crippen molar-refractivity contribution in [2.45, 2.75) is 58.8 Å². The second kappa shape index (κ2) is 7.85. The lowest BCUT2D eigenvalue weighted by molar-refractivity contribution is -0.142. The predicted molar refractivity (Wildman–Crippen MR) is 95.7 cm³/mol. The minimum atomic E-state index is -1.07. The summed E-state index contributed by atoms with van der Waals surface area (Å²) in [5.74, 6) is 0.0728. The van der Waals surface area contributed by atoms with Gasteiger partial charge in [0.15, 0.2) is 11.5 Å². The van der Waals surface area contributed by atoms with Crippen LogP contribution in [0.2, 0.25) is 0 Å². The number of hydrogen-bond acceptors (Lipinski definition) is 5. The van der Waals surface area contributed by atoms with Gasteiger partial charge in [0, 0.05) is 6.42 Å². The first kappa shape index (κ1) is 19.9. The van der Waals surface area contributed by atoms with E-state index in [-0.39, 0.29) is 13.0 Å². The van der Waals surface area contributed by atoms with Crippen molar-refractivity contribution in [2.75, 3.05) is 13.2 Å². The number of aliphatic carboxylic acids is 1. The molecular formula is C19H27NO6. The van der Waals surface area contributed by atoms with E-state index >= 15 is 0 Å². The predicted octanol–water partition coefficient (Wildman–Crippen LogP) is 3.24. The van der Waals surface area contributed by atoms with Crippen LogP contribution in [0.15, 0.2) is 18.2 Å². The Labute approximate surface area is 153 Å². The maximum atomic E-state index is 12.3. The third kappa shape index (κ3) is 5.03. The summed E-state index contributed by atoms with van der Waals surface area (Å²) >= 11 is 0. The molecule has 0 spiro atoms. The van der Waals surface area contributed by atoms with Gasteiger partial charge in [-0.3, -0.25) is 4.90 Å². The van der Waals surface area contributed by atoms with Crippen LogP contribution in [-0.4, -0.2) is 53.0 Å². The molecule has 2 rings (SSSR count). The second-order valence-corrected chi connectivity index (χ2v) is 7.35. The highest BCUT2D eigenvalue weighted by Gasteiger charge is 2.42. The summed E-state index contributed by atoms with van der Waals surface area (Å²) in [5, 5.41) is 9.46. The Morgan fingerprint density at radius 2 is 1.96 bits per heavy atom. The van der Waals surface area contributed by atoms with E-state index in [9.17, 15) is 14.7 Å². The number of carboxylic acids is 1. The van der Waals surface area contributed by atoms with E-state index < -0.39 is 29.8 Å². The standard InChI is InChI=1S/C19H27NO6/c1-6-24-16-9-12(2)7-8-15(16)25-13-10-14(17(21)22)20(11-13)18(23)26-19(3,4)5/h7-9,13-14H,6,10-11H2,1-5H3,(H,21,22). The van der Waals surface area contributed by atoms with Crippen molar-refractivity contribution in [3.8, 4) is 11.5 Å². The van der Waals surface area contributed by atoms with E-state index in [0.29, 0.717) is 18.1 Å². The molecule has 7 heteroatoms. The maximum absolute atomic E-state index is 12.3. The van der Waals surface area contributed by atoms with Gasteiger partial charge in [0.2, 0.25) is 0 Å². The van der Waals surface area contributed by atoms with Gasteiger partial charge >= 0.3 is 12.1 Å². The molecule has 2 atom stereocenters. The van der Waals surface area contributed by atoms with Crippen LogP contribution in [-0.2, 0) is 9.53 Å². The fourth-order valence-electron chi connectivity index (χ4n) is 2.80. The molecule has 1 aromatic rings. The molecule has 1 heterocycles. The quantitative estimate of drug-likeness (QED) is 0.862. The van der Waals surface area contributed by atoms with Gasteiger partial charge in [-0.2, -0.15) is 0 Å². The number of ether oxygens (including phenoxy) is 3. The molecule has 0 bridgehead atoms. The van der Waals surface area contributed by atoms with Crippen molar-refractivity contribution in [2.24, 2.45) is 0 Å². The molecule has 1 fully saturated rings. The SMILES string of the molecule is CCOc1cc(C)ccc1OC1CC(C(=O)O)N(C(=O)OC(C)(C)C)C1. The summed E-state index contributed by atoms with van der Waals surface area (Å²) in [4.78, 5) is 25.1. The van der Waals surface area contributed by atoms with Crippen LogP contribution in [0.5, 0.6) is 11.5 Å². The summed E-state index contributed by atoms with van der Waals surface area (Å²) < 4.78 is 16.9. The molecule has 0 aliphatic carbocycles. The number of nitrogens with zero attached hydrogens (tertiary/aromatic N) is 1. The lowest BCUT2D eigenvalue weighted by Gasteiger charge is -2.26. The normalized spacial score (nSPS) is 20.0. The third-order valence-corrected chi connectivity index (χ3v) is 3.87. The Balaban J connectivity index is 2.15. The highest BCUT2D eigenvalue weighted by Crippen LogP contribution is 2.32. The second-order valence-electron chi connectivity index (χ2n) is 7.35. The number of carbonyl (C=O) groups is 2. The van der Waals surface area contributed by atoms with Crippen molar-refractivity contribution in [3.63, 3.8) is 0 Å². The van der Waals surface area contributed by atoms with Gasteiger partial charge in [-0.15, -0.1) is 0 Å². The summed E-state index contributed by atoms with van der Waals surface area (Å²) in [5.41, 5.74) is 0.337. The Hall–Kier alpha value is -2.44. The minimum Gasteiger partial charge on any atom is -0.490 e. The number of carbonyl (C=O) groups excluding carboxylic acids is 1. The Morgan fingerprint density at radius 1 is 1.27 bits per heavy atom. The third-order valence-electron chi connectivity index (χ3n) is 3.87. The fraction of sp³-hybridized carbons (Fsp3) is 0.579. The Kier molecular flexibility index (Phi) is 6.00. The van der Waals surface area contributed by atoms with E-state index in [4.69, 9.17) is 14.2 Å². The van der Waals surface area contributed by atoms with Crippen LogP contribution in [0.25, 0.3) is 0 Å². The molecule has 1 saturated heterocycles. The van der Waals surface area contributed by atoms with Crippen molar-refractivity contribution in [1.29, 1.82) is 0 Å². The average Bonchev–Trinajstić information content (AvgIpc) is 2.93. The van der Waals surface area contributed by atoms with Gasteiger partial charge in [0.1, 0.15) is 17.7 Å². The number of hydrogen-bond donors (Lipinski definition) is 1. The van der Waals surface area contributed by atoms with Crippen LogP contribution >= 0.6 is 0 Å². The first-order valence-electron chi connectivity index (χ1n) is 8.73. The first-order chi connectivity index (χ1) is 12.1. The maximum Gasteiger partial charge on any atom is 0.411 e. The van der Waals surface area contributed by atoms with Crippen molar-refractivity contribution in [3.05, 3.63) is 23.8 Å². The molecular weight excluding hydrogens is 338 g/mol. The van der Waals surface area contributed by atoms with E-state index in [2.05, 4.69) is 0 Å². The lowest BCUT2D eigenvalue weighted by atomic mass is 10.2. The zero-order valence-corrected chi connectivity index (χ0v) is 15.9. The van der Waals surface area contributed by atoms with Crippen LogP contribution < -0.4 is 9.47 Å². The molecule has 1 N–H and O–H groups in total. The highest BCUT2D eigenvalue weighted by molar-refractivity contribution is 5.81. The summed E-state index contributed by atoms with van der Waals surface area (Å²) in [7, 11) is 0.